The molecule has 2 aromatic rings. The number of rotatable bonds is 3. The van der Waals surface area contributed by atoms with Gasteiger partial charge in [0.25, 0.3) is 0 Å². The molecule has 0 unspecified atom stereocenters. The third kappa shape index (κ3) is 3.09. The Morgan fingerprint density at radius 2 is 2.11 bits per heavy atom. The molecule has 1 aromatic carbocycles. The summed E-state index contributed by atoms with van der Waals surface area (Å²) in [5.41, 5.74) is 0.544. The molecular formula is C13H9BrClNO2. The van der Waals surface area contributed by atoms with E-state index in [4.69, 9.17) is 16.3 Å². The molecule has 0 fully saturated rings. The Morgan fingerprint density at radius 3 is 2.72 bits per heavy atom. The summed E-state index contributed by atoms with van der Waals surface area (Å²) in [7, 11) is 0. The maximum Gasteiger partial charge on any atom is 0.219 e. The first-order valence-electron chi connectivity index (χ1n) is 5.16. The minimum absolute atomic E-state index is 0.0328. The van der Waals surface area contributed by atoms with E-state index in [0.717, 1.165) is 4.47 Å². The number of aromatic nitrogens is 1. The summed E-state index contributed by atoms with van der Waals surface area (Å²) in [4.78, 5) is 15.2. The van der Waals surface area contributed by atoms with Gasteiger partial charge >= 0.3 is 0 Å². The van der Waals surface area contributed by atoms with E-state index in [9.17, 15) is 4.79 Å². The molecule has 1 heterocycles. The number of Topliss-reactive ketones (excluding diaryl/α,β-unsaturated/α-hetero) is 1. The summed E-state index contributed by atoms with van der Waals surface area (Å²) >= 11 is 9.34. The van der Waals surface area contributed by atoms with Crippen LogP contribution in [0.1, 0.15) is 17.3 Å². The molecule has 0 atom stereocenters. The Bertz CT molecular complexity index is 584. The minimum Gasteiger partial charge on any atom is -0.437 e. The number of ketones is 1. The number of hydrogen-bond acceptors (Lipinski definition) is 3. The van der Waals surface area contributed by atoms with Gasteiger partial charge < -0.3 is 4.74 Å². The van der Waals surface area contributed by atoms with Gasteiger partial charge in [-0.2, -0.15) is 0 Å². The van der Waals surface area contributed by atoms with E-state index in [1.165, 1.54) is 13.1 Å². The van der Waals surface area contributed by atoms with Crippen molar-refractivity contribution in [2.45, 2.75) is 6.92 Å². The van der Waals surface area contributed by atoms with Gasteiger partial charge in [0.2, 0.25) is 5.88 Å². The summed E-state index contributed by atoms with van der Waals surface area (Å²) in [6, 6.07) is 8.60. The number of nitrogens with zero attached hydrogens (tertiary/aromatic N) is 1. The lowest BCUT2D eigenvalue weighted by molar-refractivity contribution is 0.101. The van der Waals surface area contributed by atoms with Gasteiger partial charge in [0, 0.05) is 22.3 Å². The quantitative estimate of drug-likeness (QED) is 0.780. The van der Waals surface area contributed by atoms with Crippen molar-refractivity contribution >= 4 is 33.3 Å². The lowest BCUT2D eigenvalue weighted by atomic mass is 10.2. The standard InChI is InChI=1S/C13H9BrClNO2/c1-8(17)9-2-5-13(16-7-9)18-12-6-10(14)3-4-11(12)15/h2-7H,1H3. The first-order valence-corrected chi connectivity index (χ1v) is 6.33. The Balaban J connectivity index is 2.23. The van der Waals surface area contributed by atoms with Gasteiger partial charge in [-0.3, -0.25) is 4.79 Å². The summed E-state index contributed by atoms with van der Waals surface area (Å²) in [5, 5.41) is 0.496. The van der Waals surface area contributed by atoms with Gasteiger partial charge in [0.15, 0.2) is 5.78 Å². The largest absolute Gasteiger partial charge is 0.437 e. The average Bonchev–Trinajstić information content (AvgIpc) is 2.34. The van der Waals surface area contributed by atoms with E-state index in [-0.39, 0.29) is 5.78 Å². The Kier molecular flexibility index (Phi) is 3.99. The van der Waals surface area contributed by atoms with Gasteiger partial charge in [-0.15, -0.1) is 0 Å². The minimum atomic E-state index is -0.0328. The van der Waals surface area contributed by atoms with Crippen molar-refractivity contribution in [2.75, 3.05) is 0 Å². The monoisotopic (exact) mass is 325 g/mol. The highest BCUT2D eigenvalue weighted by atomic mass is 79.9. The van der Waals surface area contributed by atoms with Crippen molar-refractivity contribution in [3.63, 3.8) is 0 Å². The third-order valence-corrected chi connectivity index (χ3v) is 3.06. The summed E-state index contributed by atoms with van der Waals surface area (Å²) in [5.74, 6) is 0.864. The van der Waals surface area contributed by atoms with Crippen LogP contribution in [0, 0.1) is 0 Å². The maximum absolute atomic E-state index is 11.1. The van der Waals surface area contributed by atoms with Crippen LogP contribution in [-0.2, 0) is 0 Å². The van der Waals surface area contributed by atoms with Crippen LogP contribution in [0.2, 0.25) is 5.02 Å². The van der Waals surface area contributed by atoms with Crippen molar-refractivity contribution in [3.05, 3.63) is 51.6 Å². The number of benzene rings is 1. The van der Waals surface area contributed by atoms with Gasteiger partial charge in [0.05, 0.1) is 5.02 Å². The Morgan fingerprint density at radius 1 is 1.33 bits per heavy atom. The highest BCUT2D eigenvalue weighted by molar-refractivity contribution is 9.10. The van der Waals surface area contributed by atoms with Crippen molar-refractivity contribution in [1.82, 2.24) is 4.98 Å². The molecule has 0 saturated carbocycles. The molecule has 0 spiro atoms. The van der Waals surface area contributed by atoms with Crippen molar-refractivity contribution < 1.29 is 9.53 Å². The van der Waals surface area contributed by atoms with Crippen molar-refractivity contribution in [3.8, 4) is 11.6 Å². The normalized spacial score (nSPS) is 10.2. The van der Waals surface area contributed by atoms with Gasteiger partial charge in [-0.25, -0.2) is 4.98 Å². The molecule has 5 heteroatoms. The molecule has 18 heavy (non-hydrogen) atoms. The topological polar surface area (TPSA) is 39.2 Å². The molecule has 1 aromatic heterocycles. The van der Waals surface area contributed by atoms with Gasteiger partial charge in [-0.05, 0) is 31.2 Å². The van der Waals surface area contributed by atoms with Crippen LogP contribution >= 0.6 is 27.5 Å². The second-order valence-electron chi connectivity index (χ2n) is 3.62. The van der Waals surface area contributed by atoms with Crippen LogP contribution in [-0.4, -0.2) is 10.8 Å². The number of ether oxygens (including phenoxy) is 1. The molecule has 0 bridgehead atoms. The fourth-order valence-corrected chi connectivity index (χ4v) is 1.81. The second-order valence-corrected chi connectivity index (χ2v) is 4.94. The van der Waals surface area contributed by atoms with Gasteiger partial charge in [-0.1, -0.05) is 27.5 Å². The molecule has 0 amide bonds. The highest BCUT2D eigenvalue weighted by Gasteiger charge is 2.06. The molecule has 0 saturated heterocycles. The molecule has 0 aliphatic rings. The number of pyridine rings is 1. The zero-order valence-corrected chi connectivity index (χ0v) is 11.8. The van der Waals surface area contributed by atoms with E-state index in [0.29, 0.717) is 22.2 Å². The van der Waals surface area contributed by atoms with E-state index in [2.05, 4.69) is 20.9 Å². The average molecular weight is 327 g/mol. The lowest BCUT2D eigenvalue weighted by Crippen LogP contribution is -1.94. The Labute approximate surface area is 118 Å². The second kappa shape index (κ2) is 5.50. The van der Waals surface area contributed by atoms with Crippen LogP contribution in [0.3, 0.4) is 0 Å². The predicted molar refractivity (Wildman–Crippen MR) is 73.5 cm³/mol. The zero-order valence-electron chi connectivity index (χ0n) is 9.48. The van der Waals surface area contributed by atoms with Crippen molar-refractivity contribution in [1.29, 1.82) is 0 Å². The summed E-state index contributed by atoms with van der Waals surface area (Å²) in [6.45, 7) is 1.49. The highest BCUT2D eigenvalue weighted by Crippen LogP contribution is 2.31. The summed E-state index contributed by atoms with van der Waals surface area (Å²) in [6.07, 6.45) is 1.48. The number of halogens is 2. The molecule has 0 N–H and O–H groups in total. The fourth-order valence-electron chi connectivity index (χ4n) is 1.32. The molecule has 0 radical (unpaired) electrons. The van der Waals surface area contributed by atoms with Crippen LogP contribution in [0.5, 0.6) is 11.6 Å². The lowest BCUT2D eigenvalue weighted by Gasteiger charge is -2.07. The fraction of sp³-hybridized carbons (Fsp3) is 0.0769. The number of hydrogen-bond donors (Lipinski definition) is 0. The van der Waals surface area contributed by atoms with Crippen molar-refractivity contribution in [2.24, 2.45) is 0 Å². The first kappa shape index (κ1) is 13.1. The molecular weight excluding hydrogens is 318 g/mol. The first-order chi connectivity index (χ1) is 8.56. The van der Waals surface area contributed by atoms with E-state index >= 15 is 0 Å². The molecule has 3 nitrogen and oxygen atoms in total. The number of carbonyl (C=O) groups is 1. The van der Waals surface area contributed by atoms with Gasteiger partial charge in [0.1, 0.15) is 5.75 Å². The maximum atomic E-state index is 11.1. The molecule has 0 aliphatic carbocycles. The number of carbonyl (C=O) groups excluding carboxylic acids is 1. The smallest absolute Gasteiger partial charge is 0.219 e. The predicted octanol–water partition coefficient (Wildman–Crippen LogP) is 4.49. The molecule has 0 aliphatic heterocycles. The van der Waals surface area contributed by atoms with Crippen LogP contribution in [0.25, 0.3) is 0 Å². The molecule has 2 rings (SSSR count). The van der Waals surface area contributed by atoms with Crippen LogP contribution < -0.4 is 4.74 Å². The van der Waals surface area contributed by atoms with E-state index < -0.39 is 0 Å². The molecule has 92 valence electrons. The Hall–Kier alpha value is -1.39. The SMILES string of the molecule is CC(=O)c1ccc(Oc2cc(Br)ccc2Cl)nc1. The van der Waals surface area contributed by atoms with E-state index in [1.54, 1.807) is 24.3 Å². The zero-order chi connectivity index (χ0) is 13.1. The summed E-state index contributed by atoms with van der Waals surface area (Å²) < 4.78 is 6.40. The third-order valence-electron chi connectivity index (χ3n) is 2.25. The van der Waals surface area contributed by atoms with E-state index in [1.807, 2.05) is 6.07 Å². The van der Waals surface area contributed by atoms with Crippen LogP contribution in [0.4, 0.5) is 0 Å². The van der Waals surface area contributed by atoms with Crippen LogP contribution in [0.15, 0.2) is 41.0 Å².